The molecule has 7 heteroatoms. The van der Waals surface area contributed by atoms with Crippen LogP contribution in [0.25, 0.3) is 0 Å². The van der Waals surface area contributed by atoms with E-state index in [2.05, 4.69) is 22.3 Å². The van der Waals surface area contributed by atoms with Crippen LogP contribution < -0.4 is 5.32 Å². The maximum absolute atomic E-state index is 12.6. The number of nitrogens with one attached hydrogen (secondary N) is 1. The molecule has 0 saturated carbocycles. The number of amides is 1. The van der Waals surface area contributed by atoms with Crippen molar-refractivity contribution in [3.8, 4) is 0 Å². The zero-order valence-corrected chi connectivity index (χ0v) is 15.4. The summed E-state index contributed by atoms with van der Waals surface area (Å²) in [5, 5.41) is 2.76. The number of hydrogen-bond donors (Lipinski definition) is 1. The second-order valence-corrected chi connectivity index (χ2v) is 6.76. The third-order valence-electron chi connectivity index (χ3n) is 4.73. The minimum atomic E-state index is -4.40. The maximum Gasteiger partial charge on any atom is 0.416 e. The molecule has 1 N–H and O–H groups in total. The number of ether oxygens (including phenoxy) is 1. The number of carbonyl (C=O) groups is 1. The SMILES string of the molecule is O=C(NCCCN1CCOC(c2ccccc2)C1)c1ccc(C(F)(F)F)cc1. The van der Waals surface area contributed by atoms with Crippen LogP contribution in [0.5, 0.6) is 0 Å². The van der Waals surface area contributed by atoms with Crippen molar-refractivity contribution in [1.82, 2.24) is 10.2 Å². The van der Waals surface area contributed by atoms with Crippen LogP contribution in [0.4, 0.5) is 13.2 Å². The summed E-state index contributed by atoms with van der Waals surface area (Å²) in [6.45, 7) is 3.59. The molecule has 1 heterocycles. The summed E-state index contributed by atoms with van der Waals surface area (Å²) in [6.07, 6.45) is -3.59. The van der Waals surface area contributed by atoms with Gasteiger partial charge in [-0.15, -0.1) is 0 Å². The summed E-state index contributed by atoms with van der Waals surface area (Å²) in [4.78, 5) is 14.4. The molecule has 150 valence electrons. The van der Waals surface area contributed by atoms with Gasteiger partial charge in [0.25, 0.3) is 5.91 Å². The quantitative estimate of drug-likeness (QED) is 0.759. The van der Waals surface area contributed by atoms with Gasteiger partial charge in [-0.2, -0.15) is 13.2 Å². The molecule has 1 saturated heterocycles. The Morgan fingerprint density at radius 2 is 1.82 bits per heavy atom. The first-order valence-electron chi connectivity index (χ1n) is 9.28. The third-order valence-corrected chi connectivity index (χ3v) is 4.73. The van der Waals surface area contributed by atoms with Gasteiger partial charge in [-0.25, -0.2) is 0 Å². The van der Waals surface area contributed by atoms with Gasteiger partial charge < -0.3 is 10.1 Å². The first kappa shape index (κ1) is 20.4. The zero-order valence-electron chi connectivity index (χ0n) is 15.4. The minimum absolute atomic E-state index is 0.0525. The van der Waals surface area contributed by atoms with Crippen LogP contribution >= 0.6 is 0 Å². The molecule has 0 aliphatic carbocycles. The molecule has 1 aliphatic heterocycles. The summed E-state index contributed by atoms with van der Waals surface area (Å²) in [5.41, 5.74) is 0.621. The van der Waals surface area contributed by atoms with E-state index in [0.29, 0.717) is 13.2 Å². The Balaban J connectivity index is 1.41. The number of alkyl halides is 3. The lowest BCUT2D eigenvalue weighted by Crippen LogP contribution is -2.39. The fourth-order valence-electron chi connectivity index (χ4n) is 3.19. The van der Waals surface area contributed by atoms with E-state index < -0.39 is 11.7 Å². The van der Waals surface area contributed by atoms with Crippen molar-refractivity contribution < 1.29 is 22.7 Å². The van der Waals surface area contributed by atoms with Crippen molar-refractivity contribution in [1.29, 1.82) is 0 Å². The van der Waals surface area contributed by atoms with Crippen molar-refractivity contribution in [2.75, 3.05) is 32.8 Å². The van der Waals surface area contributed by atoms with E-state index in [4.69, 9.17) is 4.74 Å². The lowest BCUT2D eigenvalue weighted by atomic mass is 10.1. The summed E-state index contributed by atoms with van der Waals surface area (Å²) < 4.78 is 43.5. The van der Waals surface area contributed by atoms with Crippen LogP contribution in [0.1, 0.15) is 34.0 Å². The number of rotatable bonds is 6. The molecule has 28 heavy (non-hydrogen) atoms. The first-order chi connectivity index (χ1) is 13.4. The van der Waals surface area contributed by atoms with E-state index in [1.165, 1.54) is 12.1 Å². The smallest absolute Gasteiger partial charge is 0.371 e. The number of morpholine rings is 1. The molecule has 0 spiro atoms. The minimum Gasteiger partial charge on any atom is -0.371 e. The molecule has 1 fully saturated rings. The molecule has 2 aromatic carbocycles. The van der Waals surface area contributed by atoms with E-state index in [0.717, 1.165) is 43.8 Å². The second kappa shape index (κ2) is 9.21. The molecule has 4 nitrogen and oxygen atoms in total. The maximum atomic E-state index is 12.6. The van der Waals surface area contributed by atoms with Gasteiger partial charge in [-0.05, 0) is 36.2 Å². The number of hydrogen-bond acceptors (Lipinski definition) is 3. The summed E-state index contributed by atoms with van der Waals surface area (Å²) in [5.74, 6) is -0.363. The standard InChI is InChI=1S/C21H23F3N2O2/c22-21(23,24)18-9-7-17(8-10-18)20(27)25-11-4-12-26-13-14-28-19(15-26)16-5-2-1-3-6-16/h1-3,5-10,19H,4,11-15H2,(H,25,27). The number of benzene rings is 2. The Labute approximate surface area is 162 Å². The Bertz CT molecular complexity index is 763. The Morgan fingerprint density at radius 1 is 1.11 bits per heavy atom. The van der Waals surface area contributed by atoms with E-state index >= 15 is 0 Å². The summed E-state index contributed by atoms with van der Waals surface area (Å²) >= 11 is 0. The highest BCUT2D eigenvalue weighted by molar-refractivity contribution is 5.94. The number of halogens is 3. The monoisotopic (exact) mass is 392 g/mol. The Morgan fingerprint density at radius 3 is 2.50 bits per heavy atom. The van der Waals surface area contributed by atoms with Gasteiger partial charge in [0, 0.05) is 31.7 Å². The average molecular weight is 392 g/mol. The van der Waals surface area contributed by atoms with Gasteiger partial charge in [-0.3, -0.25) is 9.69 Å². The Kier molecular flexibility index (Phi) is 6.70. The van der Waals surface area contributed by atoms with Crippen LogP contribution in [-0.4, -0.2) is 43.6 Å². The van der Waals surface area contributed by atoms with Crippen molar-refractivity contribution in [2.24, 2.45) is 0 Å². The van der Waals surface area contributed by atoms with E-state index in [1.54, 1.807) is 0 Å². The van der Waals surface area contributed by atoms with Crippen molar-refractivity contribution in [3.63, 3.8) is 0 Å². The van der Waals surface area contributed by atoms with Gasteiger partial charge in [0.15, 0.2) is 0 Å². The van der Waals surface area contributed by atoms with Gasteiger partial charge in [-0.1, -0.05) is 30.3 Å². The summed E-state index contributed by atoms with van der Waals surface area (Å²) in [7, 11) is 0. The number of carbonyl (C=O) groups excluding carboxylic acids is 1. The highest BCUT2D eigenvalue weighted by Gasteiger charge is 2.30. The molecule has 1 amide bonds. The van der Waals surface area contributed by atoms with Crippen molar-refractivity contribution in [3.05, 3.63) is 71.3 Å². The fraction of sp³-hybridized carbons (Fsp3) is 0.381. The predicted octanol–water partition coefficient (Wildman–Crippen LogP) is 3.90. The topological polar surface area (TPSA) is 41.6 Å². The second-order valence-electron chi connectivity index (χ2n) is 6.76. The van der Waals surface area contributed by atoms with Crippen LogP contribution in [0.2, 0.25) is 0 Å². The van der Waals surface area contributed by atoms with E-state index in [1.807, 2.05) is 18.2 Å². The molecule has 0 radical (unpaired) electrons. The summed E-state index contributed by atoms with van der Waals surface area (Å²) in [6, 6.07) is 14.3. The van der Waals surface area contributed by atoms with Crippen LogP contribution in [-0.2, 0) is 10.9 Å². The van der Waals surface area contributed by atoms with E-state index in [9.17, 15) is 18.0 Å². The normalized spacial score (nSPS) is 18.0. The number of nitrogens with zero attached hydrogens (tertiary/aromatic N) is 1. The van der Waals surface area contributed by atoms with Gasteiger partial charge in [0.05, 0.1) is 18.3 Å². The highest BCUT2D eigenvalue weighted by Crippen LogP contribution is 2.29. The molecule has 0 aromatic heterocycles. The lowest BCUT2D eigenvalue weighted by molar-refractivity contribution is -0.137. The van der Waals surface area contributed by atoms with E-state index in [-0.39, 0.29) is 17.6 Å². The highest BCUT2D eigenvalue weighted by atomic mass is 19.4. The van der Waals surface area contributed by atoms with Crippen LogP contribution in [0, 0.1) is 0 Å². The third kappa shape index (κ3) is 5.56. The molecule has 1 atom stereocenters. The van der Waals surface area contributed by atoms with Crippen LogP contribution in [0.15, 0.2) is 54.6 Å². The zero-order chi connectivity index (χ0) is 20.0. The Hall–Kier alpha value is -2.38. The van der Waals surface area contributed by atoms with Crippen molar-refractivity contribution in [2.45, 2.75) is 18.7 Å². The van der Waals surface area contributed by atoms with Gasteiger partial charge in [0.1, 0.15) is 0 Å². The van der Waals surface area contributed by atoms with Gasteiger partial charge in [0.2, 0.25) is 0 Å². The molecule has 0 bridgehead atoms. The molecule has 1 unspecified atom stereocenters. The first-order valence-corrected chi connectivity index (χ1v) is 9.28. The largest absolute Gasteiger partial charge is 0.416 e. The lowest BCUT2D eigenvalue weighted by Gasteiger charge is -2.33. The molecular formula is C21H23F3N2O2. The molecule has 1 aliphatic rings. The molecule has 3 rings (SSSR count). The van der Waals surface area contributed by atoms with Crippen molar-refractivity contribution >= 4 is 5.91 Å². The van der Waals surface area contributed by atoms with Crippen LogP contribution in [0.3, 0.4) is 0 Å². The average Bonchev–Trinajstić information content (AvgIpc) is 2.71. The van der Waals surface area contributed by atoms with Gasteiger partial charge >= 0.3 is 6.18 Å². The molecule has 2 aromatic rings. The molecular weight excluding hydrogens is 369 g/mol. The fourth-order valence-corrected chi connectivity index (χ4v) is 3.19. The predicted molar refractivity (Wildman–Crippen MR) is 100.0 cm³/mol.